The van der Waals surface area contributed by atoms with Gasteiger partial charge in [0.15, 0.2) is 0 Å². The van der Waals surface area contributed by atoms with Crippen LogP contribution in [0.15, 0.2) is 0 Å². The molecule has 0 aliphatic rings. The number of ether oxygens (including phenoxy) is 2. The minimum atomic E-state index is -0.562. The Morgan fingerprint density at radius 1 is 1.00 bits per heavy atom. The predicted octanol–water partition coefficient (Wildman–Crippen LogP) is 2.62. The zero-order valence-electron chi connectivity index (χ0n) is 12.3. The van der Waals surface area contributed by atoms with E-state index in [-0.39, 0.29) is 25.0 Å². The Balaban J connectivity index is 3.69. The van der Waals surface area contributed by atoms with Crippen LogP contribution >= 0.6 is 0 Å². The number of rotatable bonds is 9. The fraction of sp³-hybridized carbons (Fsp3) is 0.786. The first kappa shape index (κ1) is 17.6. The summed E-state index contributed by atoms with van der Waals surface area (Å²) in [6, 6.07) is 0. The van der Waals surface area contributed by atoms with Crippen LogP contribution in [0, 0.1) is 5.41 Å². The highest BCUT2D eigenvalue weighted by Gasteiger charge is 2.27. The lowest BCUT2D eigenvalue weighted by atomic mass is 9.91. The Bertz CT molecular complexity index is 320. The lowest BCUT2D eigenvalue weighted by Crippen LogP contribution is -2.27. The van der Waals surface area contributed by atoms with Crippen molar-refractivity contribution in [2.45, 2.75) is 59.8 Å². The van der Waals surface area contributed by atoms with Gasteiger partial charge < -0.3 is 14.3 Å². The highest BCUT2D eigenvalue weighted by molar-refractivity contribution is 5.76. The number of esters is 2. The number of carbonyl (C=O) groups excluding carboxylic acids is 3. The minimum absolute atomic E-state index is 0.115. The van der Waals surface area contributed by atoms with Crippen molar-refractivity contribution in [1.29, 1.82) is 0 Å². The van der Waals surface area contributed by atoms with Crippen LogP contribution in [0.3, 0.4) is 0 Å². The molecule has 0 N–H and O–H groups in total. The molecule has 0 aromatic carbocycles. The highest BCUT2D eigenvalue weighted by Crippen LogP contribution is 2.21. The van der Waals surface area contributed by atoms with Crippen LogP contribution in [0.4, 0.5) is 0 Å². The molecule has 0 rings (SSSR count). The molecular formula is C14H24O5. The predicted molar refractivity (Wildman–Crippen MR) is 70.3 cm³/mol. The van der Waals surface area contributed by atoms with Gasteiger partial charge >= 0.3 is 11.9 Å². The molecule has 0 aliphatic carbocycles. The van der Waals surface area contributed by atoms with Crippen molar-refractivity contribution in [2.24, 2.45) is 5.41 Å². The first-order chi connectivity index (χ1) is 8.79. The number of hydrogen-bond donors (Lipinski definition) is 0. The summed E-state index contributed by atoms with van der Waals surface area (Å²) in [5.74, 6) is -0.672. The van der Waals surface area contributed by atoms with Gasteiger partial charge in [0.05, 0.1) is 5.41 Å². The molecule has 0 aromatic heterocycles. The maximum Gasteiger partial charge on any atom is 0.314 e. The second-order valence-electron chi connectivity index (χ2n) is 5.21. The molecule has 0 bridgehead atoms. The normalized spacial score (nSPS) is 10.9. The van der Waals surface area contributed by atoms with Crippen molar-refractivity contribution in [1.82, 2.24) is 0 Å². The van der Waals surface area contributed by atoms with Gasteiger partial charge in [-0.05, 0) is 40.0 Å². The minimum Gasteiger partial charge on any atom is -0.428 e. The molecule has 110 valence electrons. The molecule has 0 saturated carbocycles. The van der Waals surface area contributed by atoms with Crippen molar-refractivity contribution in [3.8, 4) is 0 Å². The maximum atomic E-state index is 11.6. The fourth-order valence-corrected chi connectivity index (χ4v) is 1.20. The van der Waals surface area contributed by atoms with E-state index in [0.29, 0.717) is 25.7 Å². The molecule has 0 unspecified atom stereocenters. The molecule has 0 aliphatic heterocycles. The fourth-order valence-electron chi connectivity index (χ4n) is 1.20. The Kier molecular flexibility index (Phi) is 8.03. The first-order valence-electron chi connectivity index (χ1n) is 6.62. The van der Waals surface area contributed by atoms with Gasteiger partial charge in [-0.25, -0.2) is 0 Å². The van der Waals surface area contributed by atoms with Crippen LogP contribution in [-0.2, 0) is 23.9 Å². The zero-order chi connectivity index (χ0) is 14.9. The largest absolute Gasteiger partial charge is 0.428 e. The molecule has 5 heteroatoms. The highest BCUT2D eigenvalue weighted by atomic mass is 16.7. The monoisotopic (exact) mass is 272 g/mol. The van der Waals surface area contributed by atoms with E-state index in [4.69, 9.17) is 9.47 Å². The number of hydrogen-bond acceptors (Lipinski definition) is 5. The average Bonchev–Trinajstić information content (AvgIpc) is 2.34. The van der Waals surface area contributed by atoms with Gasteiger partial charge in [-0.1, -0.05) is 6.92 Å². The second kappa shape index (κ2) is 8.67. The third kappa shape index (κ3) is 8.35. The maximum absolute atomic E-state index is 11.6. The summed E-state index contributed by atoms with van der Waals surface area (Å²) in [4.78, 5) is 33.5. The van der Waals surface area contributed by atoms with Crippen LogP contribution in [0.2, 0.25) is 0 Å². The van der Waals surface area contributed by atoms with E-state index in [0.717, 1.165) is 0 Å². The van der Waals surface area contributed by atoms with Gasteiger partial charge in [-0.3, -0.25) is 9.59 Å². The molecule has 5 nitrogen and oxygen atoms in total. The van der Waals surface area contributed by atoms with E-state index in [2.05, 4.69) is 0 Å². The van der Waals surface area contributed by atoms with Crippen molar-refractivity contribution in [3.63, 3.8) is 0 Å². The molecule has 0 aromatic rings. The number of ketones is 1. The summed E-state index contributed by atoms with van der Waals surface area (Å²) in [6.45, 7) is 6.63. The summed E-state index contributed by atoms with van der Waals surface area (Å²) in [7, 11) is 0. The Morgan fingerprint density at radius 3 is 2.11 bits per heavy atom. The van der Waals surface area contributed by atoms with Gasteiger partial charge in [0.25, 0.3) is 0 Å². The Morgan fingerprint density at radius 2 is 1.58 bits per heavy atom. The SMILES string of the molecule is CCC(C)(C)C(=O)OCOC(=O)CCCCC(C)=O. The van der Waals surface area contributed by atoms with Crippen molar-refractivity contribution < 1.29 is 23.9 Å². The molecule has 0 amide bonds. The summed E-state index contributed by atoms with van der Waals surface area (Å²) in [5, 5.41) is 0. The van der Waals surface area contributed by atoms with Crippen molar-refractivity contribution in [3.05, 3.63) is 0 Å². The zero-order valence-corrected chi connectivity index (χ0v) is 12.3. The van der Waals surface area contributed by atoms with E-state index in [1.54, 1.807) is 13.8 Å². The van der Waals surface area contributed by atoms with Crippen LogP contribution in [0.5, 0.6) is 0 Å². The third-order valence-electron chi connectivity index (χ3n) is 3.01. The van der Waals surface area contributed by atoms with Crippen molar-refractivity contribution >= 4 is 17.7 Å². The number of unbranched alkanes of at least 4 members (excludes halogenated alkanes) is 1. The molecule has 0 spiro atoms. The van der Waals surface area contributed by atoms with E-state index in [1.165, 1.54) is 6.92 Å². The topological polar surface area (TPSA) is 69.7 Å². The van der Waals surface area contributed by atoms with E-state index >= 15 is 0 Å². The number of carbonyl (C=O) groups is 3. The molecule has 0 fully saturated rings. The van der Waals surface area contributed by atoms with Gasteiger partial charge in [-0.2, -0.15) is 0 Å². The van der Waals surface area contributed by atoms with Crippen LogP contribution in [0.1, 0.15) is 59.8 Å². The van der Waals surface area contributed by atoms with Crippen LogP contribution in [-0.4, -0.2) is 24.5 Å². The van der Waals surface area contributed by atoms with Gasteiger partial charge in [0.2, 0.25) is 6.79 Å². The molecule has 19 heavy (non-hydrogen) atoms. The van der Waals surface area contributed by atoms with Gasteiger partial charge in [0, 0.05) is 12.8 Å². The van der Waals surface area contributed by atoms with Gasteiger partial charge in [0.1, 0.15) is 5.78 Å². The second-order valence-corrected chi connectivity index (χ2v) is 5.21. The van der Waals surface area contributed by atoms with Crippen LogP contribution in [0.25, 0.3) is 0 Å². The van der Waals surface area contributed by atoms with E-state index < -0.39 is 11.4 Å². The van der Waals surface area contributed by atoms with E-state index in [1.807, 2.05) is 6.92 Å². The Labute approximate surface area is 114 Å². The average molecular weight is 272 g/mol. The summed E-state index contributed by atoms with van der Waals surface area (Å²) >= 11 is 0. The molecular weight excluding hydrogens is 248 g/mol. The Hall–Kier alpha value is -1.39. The molecule has 0 heterocycles. The van der Waals surface area contributed by atoms with Crippen LogP contribution < -0.4 is 0 Å². The molecule has 0 atom stereocenters. The lowest BCUT2D eigenvalue weighted by molar-refractivity contribution is -0.174. The third-order valence-corrected chi connectivity index (χ3v) is 3.01. The van der Waals surface area contributed by atoms with Gasteiger partial charge in [-0.15, -0.1) is 0 Å². The lowest BCUT2D eigenvalue weighted by Gasteiger charge is -2.19. The summed E-state index contributed by atoms with van der Waals surface area (Å²) in [5.41, 5.74) is -0.562. The standard InChI is InChI=1S/C14H24O5/c1-5-14(3,4)13(17)19-10-18-12(16)9-7-6-8-11(2)15/h5-10H2,1-4H3. The number of Topliss-reactive ketones (excluding diaryl/α,β-unsaturated/α-hetero) is 1. The quantitative estimate of drug-likeness (QED) is 0.366. The van der Waals surface area contributed by atoms with Crippen molar-refractivity contribution in [2.75, 3.05) is 6.79 Å². The molecule has 0 saturated heterocycles. The smallest absolute Gasteiger partial charge is 0.314 e. The summed E-state index contributed by atoms with van der Waals surface area (Å²) < 4.78 is 9.67. The van der Waals surface area contributed by atoms with E-state index in [9.17, 15) is 14.4 Å². The molecule has 0 radical (unpaired) electrons. The first-order valence-corrected chi connectivity index (χ1v) is 6.62. The summed E-state index contributed by atoms with van der Waals surface area (Å²) in [6.07, 6.45) is 2.65.